The average Bonchev–Trinajstić information content (AvgIpc) is 3.20. The second-order valence-corrected chi connectivity index (χ2v) is 9.49. The number of benzene rings is 1. The van der Waals surface area contributed by atoms with Crippen molar-refractivity contribution in [1.82, 2.24) is 24.3 Å². The highest BCUT2D eigenvalue weighted by Crippen LogP contribution is 2.43. The number of hydrogen-bond acceptors (Lipinski definition) is 7. The highest BCUT2D eigenvalue weighted by atomic mass is 32.2. The molecule has 2 aromatic heterocycles. The van der Waals surface area contributed by atoms with E-state index in [0.29, 0.717) is 23.0 Å². The molecule has 1 atom stereocenters. The molecule has 0 amide bonds. The second kappa shape index (κ2) is 7.09. The lowest BCUT2D eigenvalue weighted by molar-refractivity contribution is -0.175. The third-order valence-electron chi connectivity index (χ3n) is 6.40. The van der Waals surface area contributed by atoms with Crippen molar-refractivity contribution >= 4 is 22.5 Å². The molecule has 1 saturated carbocycles. The molecule has 9 nitrogen and oxygen atoms in total. The highest BCUT2D eigenvalue weighted by molar-refractivity contribution is 7.83. The van der Waals surface area contributed by atoms with Crippen LogP contribution in [0, 0.1) is 6.92 Å². The standard InChI is InChI=1S/C20H24N6O3S/c1-13-2-3-14(8-15(13)16-9-22-18-17(21)23-12-24-26(16)18)30(28)25-19-4-6-20(10-27,7-5-19)29-11-19/h2-3,8-9,12,25,27H,4-7,10-11H2,1H3,(H2,21,23,24). The van der Waals surface area contributed by atoms with Gasteiger partial charge in [0.25, 0.3) is 0 Å². The Bertz CT molecular complexity index is 1120. The fourth-order valence-corrected chi connectivity index (χ4v) is 5.56. The van der Waals surface area contributed by atoms with Crippen molar-refractivity contribution in [3.05, 3.63) is 36.3 Å². The lowest BCUT2D eigenvalue weighted by Crippen LogP contribution is -2.62. The first-order chi connectivity index (χ1) is 14.4. The van der Waals surface area contributed by atoms with Crippen LogP contribution in [0.2, 0.25) is 0 Å². The number of imidazole rings is 1. The van der Waals surface area contributed by atoms with E-state index in [4.69, 9.17) is 10.5 Å². The number of rotatable bonds is 5. The Morgan fingerprint density at radius 1 is 1.30 bits per heavy atom. The molecule has 1 unspecified atom stereocenters. The summed E-state index contributed by atoms with van der Waals surface area (Å²) in [6.07, 6.45) is 6.31. The van der Waals surface area contributed by atoms with Gasteiger partial charge < -0.3 is 15.6 Å². The van der Waals surface area contributed by atoms with E-state index in [1.165, 1.54) is 6.33 Å². The molecule has 1 aliphatic carbocycles. The number of ether oxygens (including phenoxy) is 1. The molecule has 6 rings (SSSR count). The van der Waals surface area contributed by atoms with Gasteiger partial charge in [-0.25, -0.2) is 23.4 Å². The number of hydrogen-bond donors (Lipinski definition) is 3. The van der Waals surface area contributed by atoms with E-state index in [-0.39, 0.29) is 12.1 Å². The Kier molecular flexibility index (Phi) is 4.62. The SMILES string of the molecule is Cc1ccc(S(=O)NC23CCC(CO)(CC2)OC3)cc1-c1cnc2c(N)ncnn12. The van der Waals surface area contributed by atoms with Crippen LogP contribution in [0.4, 0.5) is 5.82 Å². The van der Waals surface area contributed by atoms with Gasteiger partial charge in [-0.1, -0.05) is 6.07 Å². The topological polar surface area (TPSA) is 128 Å². The Hall–Kier alpha value is -2.40. The van der Waals surface area contributed by atoms with Crippen LogP contribution in [0.3, 0.4) is 0 Å². The van der Waals surface area contributed by atoms with Crippen molar-refractivity contribution in [1.29, 1.82) is 0 Å². The van der Waals surface area contributed by atoms with Crippen LogP contribution in [0.15, 0.2) is 35.6 Å². The molecule has 2 saturated heterocycles. The smallest absolute Gasteiger partial charge is 0.197 e. The molecule has 2 bridgehead atoms. The van der Waals surface area contributed by atoms with Crippen molar-refractivity contribution in [3.63, 3.8) is 0 Å². The molecular weight excluding hydrogens is 404 g/mol. The second-order valence-electron chi connectivity index (χ2n) is 8.28. The fourth-order valence-electron chi connectivity index (χ4n) is 4.37. The van der Waals surface area contributed by atoms with Crippen molar-refractivity contribution in [2.24, 2.45) is 0 Å². The Morgan fingerprint density at radius 3 is 2.80 bits per heavy atom. The minimum atomic E-state index is -1.41. The van der Waals surface area contributed by atoms with Gasteiger partial charge in [0, 0.05) is 5.56 Å². The van der Waals surface area contributed by atoms with Gasteiger partial charge in [-0.3, -0.25) is 0 Å². The average molecular weight is 429 g/mol. The third kappa shape index (κ3) is 3.11. The molecule has 4 heterocycles. The molecule has 3 aromatic rings. The van der Waals surface area contributed by atoms with Crippen molar-refractivity contribution in [2.45, 2.75) is 48.6 Å². The number of fused-ring (bicyclic) bond motifs is 4. The van der Waals surface area contributed by atoms with Gasteiger partial charge in [0.2, 0.25) is 0 Å². The number of nitrogens with zero attached hydrogens (tertiary/aromatic N) is 4. The quantitative estimate of drug-likeness (QED) is 0.560. The van der Waals surface area contributed by atoms with E-state index >= 15 is 0 Å². The number of aromatic nitrogens is 4. The van der Waals surface area contributed by atoms with E-state index in [2.05, 4.69) is 19.8 Å². The number of nitrogens with two attached hydrogens (primary N) is 1. The predicted octanol–water partition coefficient (Wildman–Crippen LogP) is 1.37. The molecule has 2 aliphatic heterocycles. The van der Waals surface area contributed by atoms with Crippen LogP contribution in [-0.4, -0.2) is 53.3 Å². The molecule has 3 fully saturated rings. The summed E-state index contributed by atoms with van der Waals surface area (Å²) in [7, 11) is -1.41. The molecule has 30 heavy (non-hydrogen) atoms. The number of aryl methyl sites for hydroxylation is 1. The molecule has 10 heteroatoms. The maximum Gasteiger partial charge on any atom is 0.197 e. The molecule has 158 valence electrons. The first-order valence-corrected chi connectivity index (χ1v) is 11.1. The summed E-state index contributed by atoms with van der Waals surface area (Å²) in [5.41, 5.74) is 8.32. The normalized spacial score (nSPS) is 26.9. The summed E-state index contributed by atoms with van der Waals surface area (Å²) >= 11 is 0. The predicted molar refractivity (Wildman–Crippen MR) is 112 cm³/mol. The molecular formula is C20H24N6O3S. The summed E-state index contributed by atoms with van der Waals surface area (Å²) < 4.78 is 24.1. The molecule has 0 radical (unpaired) electrons. The monoisotopic (exact) mass is 428 g/mol. The summed E-state index contributed by atoms with van der Waals surface area (Å²) in [5.74, 6) is 0.308. The van der Waals surface area contributed by atoms with Crippen LogP contribution in [0.5, 0.6) is 0 Å². The van der Waals surface area contributed by atoms with Crippen LogP contribution >= 0.6 is 0 Å². The summed E-state index contributed by atoms with van der Waals surface area (Å²) in [4.78, 5) is 8.98. The van der Waals surface area contributed by atoms with Gasteiger partial charge >= 0.3 is 0 Å². The Balaban J connectivity index is 1.44. The van der Waals surface area contributed by atoms with Crippen LogP contribution in [-0.2, 0) is 15.7 Å². The summed E-state index contributed by atoms with van der Waals surface area (Å²) in [6, 6.07) is 5.72. The first kappa shape index (κ1) is 19.6. The van der Waals surface area contributed by atoms with E-state index in [9.17, 15) is 9.32 Å². The zero-order valence-corrected chi connectivity index (χ0v) is 17.5. The van der Waals surface area contributed by atoms with E-state index in [0.717, 1.165) is 42.5 Å². The number of nitrogens with one attached hydrogen (secondary N) is 1. The summed E-state index contributed by atoms with van der Waals surface area (Å²) in [6.45, 7) is 2.49. The minimum absolute atomic E-state index is 0.0425. The lowest BCUT2D eigenvalue weighted by atomic mass is 9.72. The van der Waals surface area contributed by atoms with E-state index < -0.39 is 16.6 Å². The van der Waals surface area contributed by atoms with Crippen molar-refractivity contribution in [3.8, 4) is 11.3 Å². The van der Waals surface area contributed by atoms with Crippen LogP contribution < -0.4 is 10.5 Å². The molecule has 1 aromatic carbocycles. The lowest BCUT2D eigenvalue weighted by Gasteiger charge is -2.52. The fraction of sp³-hybridized carbons (Fsp3) is 0.450. The van der Waals surface area contributed by atoms with Gasteiger partial charge in [-0.2, -0.15) is 5.10 Å². The number of aliphatic hydroxyl groups is 1. The van der Waals surface area contributed by atoms with Crippen molar-refractivity contribution in [2.75, 3.05) is 18.9 Å². The largest absolute Gasteiger partial charge is 0.393 e. The highest BCUT2D eigenvalue weighted by Gasteiger charge is 2.50. The maximum absolute atomic E-state index is 13.2. The Morgan fingerprint density at radius 2 is 2.10 bits per heavy atom. The van der Waals surface area contributed by atoms with Gasteiger partial charge in [0.15, 0.2) is 11.5 Å². The number of anilines is 1. The maximum atomic E-state index is 13.2. The van der Waals surface area contributed by atoms with Crippen molar-refractivity contribution < 1.29 is 14.1 Å². The molecule has 4 N–H and O–H groups in total. The van der Waals surface area contributed by atoms with Gasteiger partial charge in [-0.15, -0.1) is 0 Å². The zero-order chi connectivity index (χ0) is 20.9. The van der Waals surface area contributed by atoms with Gasteiger partial charge in [0.1, 0.15) is 17.3 Å². The molecule has 0 spiro atoms. The number of nitrogen functional groups attached to an aromatic ring is 1. The first-order valence-electron chi connectivity index (χ1n) is 9.94. The number of aliphatic hydroxyl groups excluding tert-OH is 1. The molecule has 3 aliphatic rings. The van der Waals surface area contributed by atoms with Gasteiger partial charge in [-0.05, 0) is 50.3 Å². The zero-order valence-electron chi connectivity index (χ0n) is 16.7. The third-order valence-corrected chi connectivity index (χ3v) is 7.70. The summed E-state index contributed by atoms with van der Waals surface area (Å²) in [5, 5.41) is 13.9. The van der Waals surface area contributed by atoms with Gasteiger partial charge in [0.05, 0.1) is 41.1 Å². The Labute approximate surface area is 176 Å². The van der Waals surface area contributed by atoms with E-state index in [1.807, 2.05) is 25.1 Å². The van der Waals surface area contributed by atoms with Crippen LogP contribution in [0.25, 0.3) is 16.9 Å². The van der Waals surface area contributed by atoms with Crippen LogP contribution in [0.1, 0.15) is 31.2 Å². The van der Waals surface area contributed by atoms with E-state index in [1.54, 1.807) is 10.7 Å². The minimum Gasteiger partial charge on any atom is -0.393 e.